The van der Waals surface area contributed by atoms with Crippen LogP contribution in [0, 0.1) is 0 Å². The van der Waals surface area contributed by atoms with E-state index >= 15 is 0 Å². The van der Waals surface area contributed by atoms with E-state index in [1.165, 1.54) is 0 Å². The van der Waals surface area contributed by atoms with Crippen LogP contribution in [0.15, 0.2) is 49.2 Å². The van der Waals surface area contributed by atoms with Crippen LogP contribution in [0.2, 0.25) is 0 Å². The van der Waals surface area contributed by atoms with Gasteiger partial charge in [-0.3, -0.25) is 9.67 Å². The first-order chi connectivity index (χ1) is 13.8. The van der Waals surface area contributed by atoms with Crippen molar-refractivity contribution in [2.24, 2.45) is 7.05 Å². The van der Waals surface area contributed by atoms with Gasteiger partial charge in [-0.05, 0) is 18.2 Å². The second-order valence-corrected chi connectivity index (χ2v) is 6.63. The van der Waals surface area contributed by atoms with Crippen molar-refractivity contribution in [1.82, 2.24) is 34.7 Å². The highest BCUT2D eigenvalue weighted by atomic mass is 15.3. The third kappa shape index (κ3) is 2.90. The molecule has 0 spiro atoms. The molecule has 4 aromatic rings. The van der Waals surface area contributed by atoms with E-state index in [-0.39, 0.29) is 0 Å². The Kier molecular flexibility index (Phi) is 4.04. The molecule has 0 unspecified atom stereocenters. The zero-order valence-electron chi connectivity index (χ0n) is 15.5. The quantitative estimate of drug-likeness (QED) is 0.534. The number of rotatable bonds is 3. The first-order valence-electron chi connectivity index (χ1n) is 9.16. The Morgan fingerprint density at radius 1 is 0.821 bits per heavy atom. The lowest BCUT2D eigenvalue weighted by Crippen LogP contribution is -2.47. The number of piperazine rings is 1. The highest BCUT2D eigenvalue weighted by Crippen LogP contribution is 2.24. The number of fused-ring (bicyclic) bond motifs is 1. The Bertz CT molecular complexity index is 1100. The normalized spacial score (nSPS) is 14.6. The minimum Gasteiger partial charge on any atom is -0.352 e. The summed E-state index contributed by atoms with van der Waals surface area (Å²) in [5.41, 5.74) is 2.53. The van der Waals surface area contributed by atoms with Gasteiger partial charge in [0.25, 0.3) is 0 Å². The molecule has 0 atom stereocenters. The highest BCUT2D eigenvalue weighted by Gasteiger charge is 2.22. The number of anilines is 2. The molecule has 1 aliphatic heterocycles. The Morgan fingerprint density at radius 3 is 2.50 bits per heavy atom. The van der Waals surface area contributed by atoms with Crippen LogP contribution in [0.1, 0.15) is 0 Å². The van der Waals surface area contributed by atoms with Gasteiger partial charge in [-0.25, -0.2) is 19.9 Å². The molecule has 0 saturated carbocycles. The van der Waals surface area contributed by atoms with Crippen LogP contribution in [0.3, 0.4) is 0 Å². The van der Waals surface area contributed by atoms with Gasteiger partial charge in [0.2, 0.25) is 5.95 Å². The van der Waals surface area contributed by atoms with E-state index in [2.05, 4.69) is 34.8 Å². The van der Waals surface area contributed by atoms with E-state index in [9.17, 15) is 0 Å². The second kappa shape index (κ2) is 6.84. The average molecular weight is 373 g/mol. The number of aromatic nitrogens is 7. The molecule has 1 aliphatic rings. The summed E-state index contributed by atoms with van der Waals surface area (Å²) < 4.78 is 1.77. The summed E-state index contributed by atoms with van der Waals surface area (Å²) in [7, 11) is 1.89. The minimum atomic E-state index is 0.733. The lowest BCUT2D eigenvalue weighted by molar-refractivity contribution is 0.636. The molecule has 0 aromatic carbocycles. The van der Waals surface area contributed by atoms with Gasteiger partial charge < -0.3 is 9.80 Å². The third-order valence-corrected chi connectivity index (χ3v) is 4.94. The maximum absolute atomic E-state index is 4.71. The Morgan fingerprint density at radius 2 is 1.68 bits per heavy atom. The van der Waals surface area contributed by atoms with Crippen molar-refractivity contribution in [2.75, 3.05) is 36.0 Å². The zero-order valence-corrected chi connectivity index (χ0v) is 15.5. The molecule has 0 aliphatic carbocycles. The molecule has 1 fully saturated rings. The van der Waals surface area contributed by atoms with Crippen LogP contribution in [0.5, 0.6) is 0 Å². The van der Waals surface area contributed by atoms with Crippen LogP contribution in [-0.4, -0.2) is 60.9 Å². The number of hydrogen-bond donors (Lipinski definition) is 0. The first kappa shape index (κ1) is 16.5. The van der Waals surface area contributed by atoms with E-state index in [1.807, 2.05) is 37.5 Å². The second-order valence-electron chi connectivity index (χ2n) is 6.63. The molecule has 0 radical (unpaired) electrons. The van der Waals surface area contributed by atoms with Crippen molar-refractivity contribution in [3.63, 3.8) is 0 Å². The van der Waals surface area contributed by atoms with Gasteiger partial charge in [0.1, 0.15) is 12.1 Å². The van der Waals surface area contributed by atoms with Gasteiger partial charge in [-0.1, -0.05) is 6.07 Å². The van der Waals surface area contributed by atoms with Gasteiger partial charge in [-0.2, -0.15) is 5.10 Å². The largest absolute Gasteiger partial charge is 0.352 e. The molecule has 140 valence electrons. The molecular weight excluding hydrogens is 354 g/mol. The van der Waals surface area contributed by atoms with Crippen molar-refractivity contribution in [3.05, 3.63) is 49.2 Å². The number of hydrogen-bond acceptors (Lipinski definition) is 8. The highest BCUT2D eigenvalue weighted by molar-refractivity contribution is 5.86. The summed E-state index contributed by atoms with van der Waals surface area (Å²) in [5, 5.41) is 5.28. The lowest BCUT2D eigenvalue weighted by Gasteiger charge is -2.35. The first-order valence-corrected chi connectivity index (χ1v) is 9.16. The Labute approximate surface area is 161 Å². The predicted octanol–water partition coefficient (Wildman–Crippen LogP) is 1.54. The number of aryl methyl sites for hydroxylation is 1. The molecule has 4 aromatic heterocycles. The van der Waals surface area contributed by atoms with Crippen molar-refractivity contribution in [3.8, 4) is 11.4 Å². The summed E-state index contributed by atoms with van der Waals surface area (Å²) >= 11 is 0. The smallest absolute Gasteiger partial charge is 0.226 e. The molecule has 5 heterocycles. The monoisotopic (exact) mass is 373 g/mol. The van der Waals surface area contributed by atoms with E-state index in [4.69, 9.17) is 4.98 Å². The molecule has 5 rings (SSSR count). The van der Waals surface area contributed by atoms with Crippen LogP contribution in [0.4, 0.5) is 11.8 Å². The molecule has 9 nitrogen and oxygen atoms in total. The van der Waals surface area contributed by atoms with Crippen LogP contribution in [0.25, 0.3) is 22.4 Å². The molecule has 9 heteroatoms. The van der Waals surface area contributed by atoms with E-state index in [1.54, 1.807) is 23.4 Å². The SMILES string of the molecule is Cn1ncc2c(N3CCN(c4nccc(-c5ccccn5)n4)CC3)ncnc21. The molecular formula is C19H19N9. The number of nitrogens with zero attached hydrogens (tertiary/aromatic N) is 9. The molecule has 1 saturated heterocycles. The maximum atomic E-state index is 4.71. The fraction of sp³-hybridized carbons (Fsp3) is 0.263. The zero-order chi connectivity index (χ0) is 18.9. The van der Waals surface area contributed by atoms with Gasteiger partial charge in [-0.15, -0.1) is 0 Å². The Hall–Kier alpha value is -3.62. The molecule has 0 amide bonds. The third-order valence-electron chi connectivity index (χ3n) is 4.94. The fourth-order valence-corrected chi connectivity index (χ4v) is 3.48. The van der Waals surface area contributed by atoms with E-state index < -0.39 is 0 Å². The van der Waals surface area contributed by atoms with Crippen molar-refractivity contribution in [1.29, 1.82) is 0 Å². The van der Waals surface area contributed by atoms with Crippen LogP contribution in [-0.2, 0) is 7.05 Å². The minimum absolute atomic E-state index is 0.733. The summed E-state index contributed by atoms with van der Waals surface area (Å²) in [4.78, 5) is 26.9. The van der Waals surface area contributed by atoms with Crippen molar-refractivity contribution in [2.45, 2.75) is 0 Å². The van der Waals surface area contributed by atoms with Crippen molar-refractivity contribution >= 4 is 22.8 Å². The van der Waals surface area contributed by atoms with Gasteiger partial charge in [0, 0.05) is 45.6 Å². The molecule has 0 bridgehead atoms. The summed E-state index contributed by atoms with van der Waals surface area (Å²) in [6.07, 6.45) is 7.00. The predicted molar refractivity (Wildman–Crippen MR) is 106 cm³/mol. The summed E-state index contributed by atoms with van der Waals surface area (Å²) in [6, 6.07) is 7.71. The molecule has 28 heavy (non-hydrogen) atoms. The van der Waals surface area contributed by atoms with Gasteiger partial charge in [0.15, 0.2) is 5.65 Å². The number of pyridine rings is 1. The molecule has 0 N–H and O–H groups in total. The van der Waals surface area contributed by atoms with Crippen LogP contribution < -0.4 is 9.80 Å². The van der Waals surface area contributed by atoms with E-state index in [0.29, 0.717) is 0 Å². The topological polar surface area (TPSA) is 88.8 Å². The maximum Gasteiger partial charge on any atom is 0.226 e. The standard InChI is InChI=1S/C19H19N9/c1-26-17-14(12-24-26)18(23-13-22-17)27-8-10-28(11-9-27)19-21-7-5-16(25-19)15-4-2-3-6-20-15/h2-7,12-13H,8-11H2,1H3. The van der Waals surface area contributed by atoms with Crippen LogP contribution >= 0.6 is 0 Å². The van der Waals surface area contributed by atoms with Gasteiger partial charge >= 0.3 is 0 Å². The van der Waals surface area contributed by atoms with Gasteiger partial charge in [0.05, 0.1) is 23.0 Å². The average Bonchev–Trinajstić information content (AvgIpc) is 3.16. The Balaban J connectivity index is 1.35. The lowest BCUT2D eigenvalue weighted by atomic mass is 10.2. The summed E-state index contributed by atoms with van der Waals surface area (Å²) in [6.45, 7) is 3.30. The van der Waals surface area contributed by atoms with Crippen molar-refractivity contribution < 1.29 is 0 Å². The van der Waals surface area contributed by atoms with E-state index in [0.717, 1.165) is 60.4 Å². The summed E-state index contributed by atoms with van der Waals surface area (Å²) in [5.74, 6) is 1.66. The fourth-order valence-electron chi connectivity index (χ4n) is 3.48.